The number of anilines is 1. The van der Waals surface area contributed by atoms with Gasteiger partial charge in [0.2, 0.25) is 5.91 Å². The molecule has 1 aromatic heterocycles. The van der Waals surface area contributed by atoms with E-state index in [1.165, 1.54) is 0 Å². The number of carbonyl (C=O) groups excluding carboxylic acids is 1. The third-order valence-corrected chi connectivity index (χ3v) is 5.57. The molecule has 1 aromatic carbocycles. The Morgan fingerprint density at radius 1 is 1.42 bits per heavy atom. The van der Waals surface area contributed by atoms with Crippen molar-refractivity contribution in [3.63, 3.8) is 0 Å². The summed E-state index contributed by atoms with van der Waals surface area (Å²) in [5, 5.41) is 3.99. The molecular weight excluding hydrogens is 344 g/mol. The molecule has 2 aromatic rings. The van der Waals surface area contributed by atoms with E-state index in [0.29, 0.717) is 12.5 Å². The summed E-state index contributed by atoms with van der Waals surface area (Å²) in [4.78, 5) is 17.9. The summed E-state index contributed by atoms with van der Waals surface area (Å²) in [7, 11) is 1.96. The lowest BCUT2D eigenvalue weighted by Crippen LogP contribution is -2.29. The molecule has 0 radical (unpaired) electrons. The predicted molar refractivity (Wildman–Crippen MR) is 99.5 cm³/mol. The molecule has 1 saturated carbocycles. The lowest BCUT2D eigenvalue weighted by molar-refractivity contribution is -0.120. The number of halogens is 1. The van der Waals surface area contributed by atoms with Crippen LogP contribution in [-0.2, 0) is 11.8 Å². The number of nitrogens with zero attached hydrogens (tertiary/aromatic N) is 2. The lowest BCUT2D eigenvalue weighted by atomic mass is 9.95. The van der Waals surface area contributed by atoms with Crippen LogP contribution in [0.25, 0.3) is 0 Å². The van der Waals surface area contributed by atoms with Crippen LogP contribution in [0.3, 0.4) is 0 Å². The van der Waals surface area contributed by atoms with Crippen molar-refractivity contribution in [2.75, 3.05) is 11.9 Å². The van der Waals surface area contributed by atoms with Gasteiger partial charge in [0.05, 0.1) is 5.69 Å². The number of aryl methyl sites for hydroxylation is 1. The number of nitrogens with two attached hydrogens (primary N) is 1. The molecule has 3 rings (SSSR count). The van der Waals surface area contributed by atoms with Crippen LogP contribution in [-0.4, -0.2) is 22.0 Å². The first-order valence-electron chi connectivity index (χ1n) is 7.94. The number of hydrogen-bond donors (Lipinski definition) is 2. The maximum absolute atomic E-state index is 12.6. The van der Waals surface area contributed by atoms with Crippen LogP contribution in [0, 0.1) is 11.8 Å². The van der Waals surface area contributed by atoms with Gasteiger partial charge in [-0.05, 0) is 49.2 Å². The van der Waals surface area contributed by atoms with Crippen LogP contribution in [0.5, 0.6) is 0 Å². The van der Waals surface area contributed by atoms with Crippen LogP contribution in [0.2, 0.25) is 0 Å². The molecule has 2 atom stereocenters. The van der Waals surface area contributed by atoms with E-state index >= 15 is 0 Å². The van der Waals surface area contributed by atoms with Gasteiger partial charge in [-0.25, -0.2) is 4.98 Å². The molecule has 0 bridgehead atoms. The number of aromatic nitrogens is 2. The number of nitrogens with one attached hydrogen (secondary N) is 1. The Kier molecular flexibility index (Phi) is 6.71. The van der Waals surface area contributed by atoms with Crippen molar-refractivity contribution < 1.29 is 4.79 Å². The van der Waals surface area contributed by atoms with Gasteiger partial charge in [-0.15, -0.1) is 12.4 Å². The Morgan fingerprint density at radius 2 is 2.21 bits per heavy atom. The van der Waals surface area contributed by atoms with Gasteiger partial charge < -0.3 is 15.6 Å². The van der Waals surface area contributed by atoms with Gasteiger partial charge >= 0.3 is 0 Å². The topological polar surface area (TPSA) is 72.9 Å². The van der Waals surface area contributed by atoms with Crippen molar-refractivity contribution in [2.24, 2.45) is 24.6 Å². The van der Waals surface area contributed by atoms with Gasteiger partial charge in [0, 0.05) is 30.3 Å². The Hall–Kier alpha value is -1.50. The number of carbonyl (C=O) groups is 1. The number of hydrogen-bond acceptors (Lipinski definition) is 4. The molecule has 1 aliphatic rings. The number of benzene rings is 1. The second kappa shape index (κ2) is 8.55. The van der Waals surface area contributed by atoms with Gasteiger partial charge in [-0.2, -0.15) is 0 Å². The summed E-state index contributed by atoms with van der Waals surface area (Å²) in [5.41, 5.74) is 6.64. The third-order valence-electron chi connectivity index (χ3n) is 4.42. The third kappa shape index (κ3) is 4.12. The first kappa shape index (κ1) is 18.8. The highest BCUT2D eigenvalue weighted by atomic mass is 35.5. The molecule has 0 spiro atoms. The van der Waals surface area contributed by atoms with Crippen molar-refractivity contribution in [2.45, 2.75) is 29.3 Å². The average Bonchev–Trinajstić information content (AvgIpc) is 3.18. The standard InChI is InChI=1S/C17H22N4OS.ClH/c1-21-10-9-19-17(21)23-15-8-3-2-7-14(15)20-16(22)13-6-4-5-12(13)11-18;/h2-3,7-10,12-13H,4-6,11,18H2,1H3,(H,20,22);1H/t12-,13-;/m1./s1. The second-order valence-electron chi connectivity index (χ2n) is 5.94. The molecule has 7 heteroatoms. The average molecular weight is 367 g/mol. The minimum absolute atomic E-state index is 0. The maximum Gasteiger partial charge on any atom is 0.227 e. The summed E-state index contributed by atoms with van der Waals surface area (Å²) in [6.45, 7) is 0.585. The van der Waals surface area contributed by atoms with E-state index < -0.39 is 0 Å². The van der Waals surface area contributed by atoms with Gasteiger partial charge in [-0.1, -0.05) is 18.6 Å². The smallest absolute Gasteiger partial charge is 0.227 e. The van der Waals surface area contributed by atoms with Crippen LogP contribution in [0.1, 0.15) is 19.3 Å². The SMILES string of the molecule is Cl.Cn1ccnc1Sc1ccccc1NC(=O)[C@@H]1CCC[C@@H]1CN. The zero-order valence-corrected chi connectivity index (χ0v) is 15.3. The zero-order valence-electron chi connectivity index (χ0n) is 13.6. The number of para-hydroxylation sites is 1. The molecule has 5 nitrogen and oxygen atoms in total. The molecule has 0 unspecified atom stereocenters. The van der Waals surface area contributed by atoms with E-state index in [0.717, 1.165) is 35.0 Å². The summed E-state index contributed by atoms with van der Waals surface area (Å²) in [5.74, 6) is 0.432. The van der Waals surface area contributed by atoms with Crippen LogP contribution in [0.4, 0.5) is 5.69 Å². The van der Waals surface area contributed by atoms with E-state index in [1.54, 1.807) is 18.0 Å². The molecule has 1 fully saturated rings. The van der Waals surface area contributed by atoms with E-state index in [1.807, 2.05) is 42.1 Å². The van der Waals surface area contributed by atoms with E-state index in [-0.39, 0.29) is 24.2 Å². The number of rotatable bonds is 5. The van der Waals surface area contributed by atoms with Gasteiger partial charge in [0.25, 0.3) is 0 Å². The maximum atomic E-state index is 12.6. The normalized spacial score (nSPS) is 19.8. The molecule has 0 aliphatic heterocycles. The number of amides is 1. The fraction of sp³-hybridized carbons (Fsp3) is 0.412. The van der Waals surface area contributed by atoms with Crippen molar-refractivity contribution in [1.29, 1.82) is 0 Å². The van der Waals surface area contributed by atoms with Crippen molar-refractivity contribution in [3.8, 4) is 0 Å². The fourth-order valence-corrected chi connectivity index (χ4v) is 3.99. The summed E-state index contributed by atoms with van der Waals surface area (Å²) in [6.07, 6.45) is 6.76. The molecule has 1 amide bonds. The van der Waals surface area contributed by atoms with Crippen LogP contribution in [0.15, 0.2) is 46.7 Å². The number of imidazole rings is 1. The molecule has 3 N–H and O–H groups in total. The van der Waals surface area contributed by atoms with Crippen LogP contribution >= 0.6 is 24.2 Å². The quantitative estimate of drug-likeness (QED) is 0.851. The first-order valence-corrected chi connectivity index (χ1v) is 8.76. The van der Waals surface area contributed by atoms with Gasteiger partial charge in [0.15, 0.2) is 5.16 Å². The largest absolute Gasteiger partial charge is 0.330 e. The molecule has 0 saturated heterocycles. The van der Waals surface area contributed by atoms with Crippen molar-refractivity contribution in [1.82, 2.24) is 9.55 Å². The van der Waals surface area contributed by atoms with Gasteiger partial charge in [-0.3, -0.25) is 4.79 Å². The minimum Gasteiger partial charge on any atom is -0.330 e. The summed E-state index contributed by atoms with van der Waals surface area (Å²) < 4.78 is 1.96. The monoisotopic (exact) mass is 366 g/mol. The highest BCUT2D eigenvalue weighted by molar-refractivity contribution is 7.99. The van der Waals surface area contributed by atoms with E-state index in [2.05, 4.69) is 10.3 Å². The molecule has 1 heterocycles. The van der Waals surface area contributed by atoms with Gasteiger partial charge in [0.1, 0.15) is 0 Å². The first-order chi connectivity index (χ1) is 11.2. The molecule has 1 aliphatic carbocycles. The Balaban J connectivity index is 0.00000208. The highest BCUT2D eigenvalue weighted by Gasteiger charge is 2.32. The van der Waals surface area contributed by atoms with E-state index in [4.69, 9.17) is 5.73 Å². The Bertz CT molecular complexity index is 691. The second-order valence-corrected chi connectivity index (χ2v) is 6.95. The van der Waals surface area contributed by atoms with Crippen molar-refractivity contribution in [3.05, 3.63) is 36.7 Å². The predicted octanol–water partition coefficient (Wildman–Crippen LogP) is 3.31. The van der Waals surface area contributed by atoms with Crippen molar-refractivity contribution >= 4 is 35.8 Å². The lowest BCUT2D eigenvalue weighted by Gasteiger charge is -2.18. The Labute approximate surface area is 152 Å². The zero-order chi connectivity index (χ0) is 16.2. The molecular formula is C17H23ClN4OS. The summed E-state index contributed by atoms with van der Waals surface area (Å²) >= 11 is 1.55. The fourth-order valence-electron chi connectivity index (χ4n) is 3.10. The highest BCUT2D eigenvalue weighted by Crippen LogP contribution is 2.35. The Morgan fingerprint density at radius 3 is 2.92 bits per heavy atom. The van der Waals surface area contributed by atoms with E-state index in [9.17, 15) is 4.79 Å². The van der Waals surface area contributed by atoms with Crippen LogP contribution < -0.4 is 11.1 Å². The summed E-state index contributed by atoms with van der Waals surface area (Å²) in [6, 6.07) is 7.85. The molecule has 130 valence electrons. The molecule has 24 heavy (non-hydrogen) atoms. The minimum atomic E-state index is 0.